The summed E-state index contributed by atoms with van der Waals surface area (Å²) in [5.74, 6) is 0.838. The first-order chi connectivity index (χ1) is 6.68. The smallest absolute Gasteiger partial charge is 0.314 e. The number of amides is 2. The predicted molar refractivity (Wildman–Crippen MR) is 57.3 cm³/mol. The quantitative estimate of drug-likeness (QED) is 0.571. The number of hydrogen-bond donors (Lipinski definition) is 3. The molecule has 2 amide bonds. The first-order valence-corrected chi connectivity index (χ1v) is 5.43. The Morgan fingerprint density at radius 3 is 2.71 bits per heavy atom. The second-order valence-corrected chi connectivity index (χ2v) is 4.22. The van der Waals surface area contributed by atoms with Crippen molar-refractivity contribution in [3.05, 3.63) is 0 Å². The van der Waals surface area contributed by atoms with Crippen LogP contribution < -0.4 is 16.0 Å². The molecule has 82 valence electrons. The predicted octanol–water partition coefficient (Wildman–Crippen LogP) is 0.694. The van der Waals surface area contributed by atoms with Crippen molar-refractivity contribution in [1.29, 1.82) is 0 Å². The highest BCUT2D eigenvalue weighted by atomic mass is 16.2. The Morgan fingerprint density at radius 2 is 2.21 bits per heavy atom. The van der Waals surface area contributed by atoms with Crippen LogP contribution in [0.5, 0.6) is 0 Å². The van der Waals surface area contributed by atoms with Gasteiger partial charge in [0.1, 0.15) is 0 Å². The molecule has 4 heteroatoms. The molecule has 1 aliphatic rings. The monoisotopic (exact) mass is 199 g/mol. The molecular weight excluding hydrogens is 178 g/mol. The molecule has 0 radical (unpaired) electrons. The lowest BCUT2D eigenvalue weighted by atomic mass is 9.98. The largest absolute Gasteiger partial charge is 0.338 e. The van der Waals surface area contributed by atoms with Crippen LogP contribution in [0.4, 0.5) is 4.79 Å². The molecule has 0 aliphatic carbocycles. The van der Waals surface area contributed by atoms with Gasteiger partial charge in [-0.2, -0.15) is 0 Å². The molecule has 1 heterocycles. The summed E-state index contributed by atoms with van der Waals surface area (Å²) >= 11 is 0. The van der Waals surface area contributed by atoms with Crippen LogP contribution in [0.15, 0.2) is 0 Å². The highest BCUT2D eigenvalue weighted by molar-refractivity contribution is 5.73. The number of nitrogens with one attached hydrogen (secondary N) is 3. The van der Waals surface area contributed by atoms with Crippen LogP contribution in [0.1, 0.15) is 26.7 Å². The summed E-state index contributed by atoms with van der Waals surface area (Å²) in [7, 11) is 0. The van der Waals surface area contributed by atoms with Crippen LogP contribution in [0.3, 0.4) is 0 Å². The Bertz CT molecular complexity index is 178. The van der Waals surface area contributed by atoms with Crippen molar-refractivity contribution < 1.29 is 4.79 Å². The highest BCUT2D eigenvalue weighted by Gasteiger charge is 2.15. The Balaban J connectivity index is 1.89. The summed E-state index contributed by atoms with van der Waals surface area (Å²) in [4.78, 5) is 11.1. The molecule has 4 nitrogen and oxygen atoms in total. The van der Waals surface area contributed by atoms with Crippen LogP contribution in [0, 0.1) is 5.92 Å². The molecule has 14 heavy (non-hydrogen) atoms. The van der Waals surface area contributed by atoms with Crippen molar-refractivity contribution in [1.82, 2.24) is 16.0 Å². The van der Waals surface area contributed by atoms with Crippen molar-refractivity contribution >= 4 is 6.03 Å². The lowest BCUT2D eigenvalue weighted by Crippen LogP contribution is -2.43. The molecule has 0 unspecified atom stereocenters. The molecule has 1 fully saturated rings. The first kappa shape index (κ1) is 11.3. The summed E-state index contributed by atoms with van der Waals surface area (Å²) in [5.41, 5.74) is 0. The van der Waals surface area contributed by atoms with E-state index in [1.165, 1.54) is 6.42 Å². The third kappa shape index (κ3) is 4.46. The molecular formula is C10H21N3O. The second-order valence-electron chi connectivity index (χ2n) is 4.22. The Hall–Kier alpha value is -0.770. The summed E-state index contributed by atoms with van der Waals surface area (Å²) < 4.78 is 0. The van der Waals surface area contributed by atoms with E-state index < -0.39 is 0 Å². The molecule has 0 saturated carbocycles. The van der Waals surface area contributed by atoms with E-state index in [-0.39, 0.29) is 12.1 Å². The maximum Gasteiger partial charge on any atom is 0.314 e. The van der Waals surface area contributed by atoms with E-state index in [9.17, 15) is 4.79 Å². The van der Waals surface area contributed by atoms with Gasteiger partial charge in [0.15, 0.2) is 0 Å². The zero-order valence-corrected chi connectivity index (χ0v) is 9.10. The third-order valence-corrected chi connectivity index (χ3v) is 2.36. The van der Waals surface area contributed by atoms with E-state index in [1.54, 1.807) is 0 Å². The zero-order valence-electron chi connectivity index (χ0n) is 9.10. The lowest BCUT2D eigenvalue weighted by molar-refractivity contribution is 0.237. The standard InChI is InChI=1S/C10H21N3O/c1-8(2)13-10(14)12-5-3-4-9-6-11-7-9/h8-9,11H,3-7H2,1-2H3,(H2,12,13,14). The van der Waals surface area contributed by atoms with Gasteiger partial charge in [-0.15, -0.1) is 0 Å². The van der Waals surface area contributed by atoms with Crippen molar-refractivity contribution in [2.75, 3.05) is 19.6 Å². The molecule has 3 N–H and O–H groups in total. The van der Waals surface area contributed by atoms with E-state index in [0.717, 1.165) is 32.0 Å². The normalized spacial score (nSPS) is 16.5. The van der Waals surface area contributed by atoms with E-state index in [2.05, 4.69) is 16.0 Å². The molecule has 1 rings (SSSR count). The number of hydrogen-bond acceptors (Lipinski definition) is 2. The van der Waals surface area contributed by atoms with Gasteiger partial charge in [0.05, 0.1) is 0 Å². The van der Waals surface area contributed by atoms with Gasteiger partial charge < -0.3 is 16.0 Å². The molecule has 1 aliphatic heterocycles. The van der Waals surface area contributed by atoms with Crippen LogP contribution in [-0.4, -0.2) is 31.7 Å². The minimum Gasteiger partial charge on any atom is -0.338 e. The lowest BCUT2D eigenvalue weighted by Gasteiger charge is -2.26. The van der Waals surface area contributed by atoms with Gasteiger partial charge in [0.25, 0.3) is 0 Å². The fourth-order valence-corrected chi connectivity index (χ4v) is 1.46. The maximum atomic E-state index is 11.1. The number of urea groups is 1. The van der Waals surface area contributed by atoms with Gasteiger partial charge in [-0.05, 0) is 45.7 Å². The van der Waals surface area contributed by atoms with E-state index in [4.69, 9.17) is 0 Å². The minimum atomic E-state index is -0.0493. The first-order valence-electron chi connectivity index (χ1n) is 5.43. The third-order valence-electron chi connectivity index (χ3n) is 2.36. The van der Waals surface area contributed by atoms with E-state index >= 15 is 0 Å². The number of rotatable bonds is 5. The van der Waals surface area contributed by atoms with Crippen LogP contribution in [0.2, 0.25) is 0 Å². The van der Waals surface area contributed by atoms with E-state index in [0.29, 0.717) is 0 Å². The van der Waals surface area contributed by atoms with E-state index in [1.807, 2.05) is 13.8 Å². The number of carbonyl (C=O) groups excluding carboxylic acids is 1. The molecule has 0 spiro atoms. The van der Waals surface area contributed by atoms with Crippen LogP contribution >= 0.6 is 0 Å². The molecule has 0 atom stereocenters. The zero-order chi connectivity index (χ0) is 10.4. The summed E-state index contributed by atoms with van der Waals surface area (Å²) in [6, 6.07) is 0.164. The van der Waals surface area contributed by atoms with Crippen molar-refractivity contribution in [2.45, 2.75) is 32.7 Å². The fraction of sp³-hybridized carbons (Fsp3) is 0.900. The number of carbonyl (C=O) groups is 1. The van der Waals surface area contributed by atoms with Gasteiger partial charge in [0, 0.05) is 12.6 Å². The van der Waals surface area contributed by atoms with Crippen LogP contribution in [-0.2, 0) is 0 Å². The molecule has 0 bridgehead atoms. The van der Waals surface area contributed by atoms with Gasteiger partial charge in [-0.25, -0.2) is 4.79 Å². The molecule has 0 aromatic heterocycles. The fourth-order valence-electron chi connectivity index (χ4n) is 1.46. The topological polar surface area (TPSA) is 53.2 Å². The molecule has 0 aromatic carbocycles. The SMILES string of the molecule is CC(C)NC(=O)NCCCC1CNC1. The van der Waals surface area contributed by atoms with Gasteiger partial charge >= 0.3 is 6.03 Å². The minimum absolute atomic E-state index is 0.0493. The molecule has 0 aromatic rings. The Morgan fingerprint density at radius 1 is 1.50 bits per heavy atom. The summed E-state index contributed by atoms with van der Waals surface area (Å²) in [6.45, 7) is 7.00. The van der Waals surface area contributed by atoms with Crippen molar-refractivity contribution in [3.8, 4) is 0 Å². The highest BCUT2D eigenvalue weighted by Crippen LogP contribution is 2.09. The maximum absolute atomic E-state index is 11.1. The van der Waals surface area contributed by atoms with Gasteiger partial charge in [0.2, 0.25) is 0 Å². The Labute approximate surface area is 85.8 Å². The Kier molecular flexibility index (Phi) is 4.73. The second kappa shape index (κ2) is 5.86. The van der Waals surface area contributed by atoms with Crippen molar-refractivity contribution in [3.63, 3.8) is 0 Å². The van der Waals surface area contributed by atoms with Gasteiger partial charge in [-0.1, -0.05) is 0 Å². The average Bonchev–Trinajstić information content (AvgIpc) is 1.99. The summed E-state index contributed by atoms with van der Waals surface area (Å²) in [5, 5.41) is 8.88. The van der Waals surface area contributed by atoms with Gasteiger partial charge in [-0.3, -0.25) is 0 Å². The molecule has 1 saturated heterocycles. The average molecular weight is 199 g/mol. The van der Waals surface area contributed by atoms with Crippen molar-refractivity contribution in [2.24, 2.45) is 5.92 Å². The van der Waals surface area contributed by atoms with Crippen LogP contribution in [0.25, 0.3) is 0 Å². The summed E-state index contributed by atoms with van der Waals surface area (Å²) in [6.07, 6.45) is 2.30.